The number of rotatable bonds is 3. The van der Waals surface area contributed by atoms with Crippen molar-refractivity contribution in [3.05, 3.63) is 14.5 Å². The lowest BCUT2D eigenvalue weighted by Gasteiger charge is -2.31. The van der Waals surface area contributed by atoms with Gasteiger partial charge in [0.2, 0.25) is 5.91 Å². The van der Waals surface area contributed by atoms with Gasteiger partial charge in [-0.2, -0.15) is 0 Å². The largest absolute Gasteiger partial charge is 0.381 e. The topological polar surface area (TPSA) is 45.3 Å². The number of H-pyrrole nitrogens is 1. The van der Waals surface area contributed by atoms with Crippen LogP contribution in [0.2, 0.25) is 0 Å². The summed E-state index contributed by atoms with van der Waals surface area (Å²) in [5.74, 6) is 0.162. The number of carbonyl (C=O) groups is 1. The zero-order valence-electron chi connectivity index (χ0n) is 10.7. The van der Waals surface area contributed by atoms with Crippen LogP contribution >= 0.6 is 23.6 Å². The Kier molecular flexibility index (Phi) is 4.53. The summed E-state index contributed by atoms with van der Waals surface area (Å²) in [6, 6.07) is 0.318. The third kappa shape index (κ3) is 3.18. The van der Waals surface area contributed by atoms with Gasteiger partial charge in [0.15, 0.2) is 3.95 Å². The third-order valence-corrected chi connectivity index (χ3v) is 4.70. The molecule has 2 rings (SSSR count). The molecule has 0 bridgehead atoms. The summed E-state index contributed by atoms with van der Waals surface area (Å²) in [5, 5.41) is 0. The molecule has 2 heterocycles. The summed E-state index contributed by atoms with van der Waals surface area (Å²) >= 11 is 6.58. The van der Waals surface area contributed by atoms with E-state index in [0.29, 0.717) is 12.5 Å². The van der Waals surface area contributed by atoms with Crippen LogP contribution in [0, 0.1) is 10.9 Å². The lowest BCUT2D eigenvalue weighted by Crippen LogP contribution is -2.41. The molecule has 1 N–H and O–H groups in total. The Morgan fingerprint density at radius 1 is 1.56 bits per heavy atom. The average Bonchev–Trinajstić information content (AvgIpc) is 2.68. The molecule has 18 heavy (non-hydrogen) atoms. The van der Waals surface area contributed by atoms with Crippen LogP contribution in [0.25, 0.3) is 0 Å². The van der Waals surface area contributed by atoms with Gasteiger partial charge in [-0.3, -0.25) is 4.79 Å². The van der Waals surface area contributed by atoms with E-state index >= 15 is 0 Å². The van der Waals surface area contributed by atoms with E-state index in [0.717, 1.165) is 40.6 Å². The predicted octanol–water partition coefficient (Wildman–Crippen LogP) is 2.29. The van der Waals surface area contributed by atoms with Crippen molar-refractivity contribution in [1.29, 1.82) is 0 Å². The Labute approximate surface area is 116 Å². The highest BCUT2D eigenvalue weighted by atomic mass is 32.1. The number of aromatic amines is 1. The molecule has 4 nitrogen and oxygen atoms in total. The molecule has 1 aromatic rings. The molecular formula is C12H18N2O2S2. The van der Waals surface area contributed by atoms with Crippen LogP contribution in [-0.2, 0) is 16.0 Å². The predicted molar refractivity (Wildman–Crippen MR) is 74.6 cm³/mol. The van der Waals surface area contributed by atoms with Crippen molar-refractivity contribution in [2.75, 3.05) is 20.3 Å². The molecule has 1 aliphatic heterocycles. The van der Waals surface area contributed by atoms with Crippen LogP contribution in [-0.4, -0.2) is 42.1 Å². The van der Waals surface area contributed by atoms with Gasteiger partial charge in [-0.15, -0.1) is 11.3 Å². The van der Waals surface area contributed by atoms with Crippen molar-refractivity contribution in [1.82, 2.24) is 9.88 Å². The minimum Gasteiger partial charge on any atom is -0.381 e. The van der Waals surface area contributed by atoms with E-state index in [-0.39, 0.29) is 5.91 Å². The molecule has 0 aliphatic carbocycles. The Balaban J connectivity index is 1.98. The number of ether oxygens (including phenoxy) is 1. The van der Waals surface area contributed by atoms with Crippen molar-refractivity contribution in [3.8, 4) is 0 Å². The molecule has 0 atom stereocenters. The second kappa shape index (κ2) is 5.95. The van der Waals surface area contributed by atoms with E-state index in [2.05, 4.69) is 4.98 Å². The van der Waals surface area contributed by atoms with E-state index in [1.165, 1.54) is 11.3 Å². The number of hydrogen-bond acceptors (Lipinski definition) is 4. The lowest BCUT2D eigenvalue weighted by molar-refractivity contribution is -0.132. The van der Waals surface area contributed by atoms with Gasteiger partial charge in [0.1, 0.15) is 0 Å². The average molecular weight is 286 g/mol. The van der Waals surface area contributed by atoms with Crippen molar-refractivity contribution in [2.24, 2.45) is 0 Å². The number of carbonyl (C=O) groups excluding carboxylic acids is 1. The Hall–Kier alpha value is -0.720. The second-order valence-electron chi connectivity index (χ2n) is 4.59. The van der Waals surface area contributed by atoms with Gasteiger partial charge in [0.05, 0.1) is 6.42 Å². The summed E-state index contributed by atoms with van der Waals surface area (Å²) in [7, 11) is 1.89. The van der Waals surface area contributed by atoms with E-state index in [1.54, 1.807) is 0 Å². The highest BCUT2D eigenvalue weighted by Crippen LogP contribution is 2.18. The molecule has 1 aromatic heterocycles. The summed E-state index contributed by atoms with van der Waals surface area (Å²) < 4.78 is 6.06. The van der Waals surface area contributed by atoms with Gasteiger partial charge in [0.25, 0.3) is 0 Å². The molecule has 0 radical (unpaired) electrons. The van der Waals surface area contributed by atoms with Crippen molar-refractivity contribution >= 4 is 29.5 Å². The molecule has 0 unspecified atom stereocenters. The van der Waals surface area contributed by atoms with E-state index in [4.69, 9.17) is 17.0 Å². The minimum absolute atomic E-state index is 0.162. The second-order valence-corrected chi connectivity index (χ2v) is 6.36. The zero-order chi connectivity index (χ0) is 13.1. The first kappa shape index (κ1) is 13.7. The van der Waals surface area contributed by atoms with Crippen LogP contribution < -0.4 is 0 Å². The fraction of sp³-hybridized carbons (Fsp3) is 0.667. The van der Waals surface area contributed by atoms with Crippen LogP contribution in [0.15, 0.2) is 0 Å². The van der Waals surface area contributed by atoms with E-state index in [1.807, 2.05) is 18.9 Å². The SMILES string of the molecule is Cc1[nH]c(=S)sc1CC(=O)N(C)C1CCOCC1. The number of hydrogen-bond donors (Lipinski definition) is 1. The first-order valence-corrected chi connectivity index (χ1v) is 7.32. The molecule has 1 amide bonds. The Bertz CT molecular complexity index is 475. The molecule has 0 saturated carbocycles. The molecule has 1 fully saturated rings. The normalized spacial score (nSPS) is 16.8. The van der Waals surface area contributed by atoms with Gasteiger partial charge >= 0.3 is 0 Å². The number of nitrogens with zero attached hydrogens (tertiary/aromatic N) is 1. The summed E-state index contributed by atoms with van der Waals surface area (Å²) in [6.45, 7) is 3.47. The van der Waals surface area contributed by atoms with Gasteiger partial charge in [-0.1, -0.05) is 0 Å². The number of nitrogens with one attached hydrogen (secondary N) is 1. The number of thiazole rings is 1. The maximum Gasteiger partial charge on any atom is 0.227 e. The maximum absolute atomic E-state index is 12.2. The van der Waals surface area contributed by atoms with Crippen molar-refractivity contribution in [2.45, 2.75) is 32.2 Å². The third-order valence-electron chi connectivity index (χ3n) is 3.37. The minimum atomic E-state index is 0.162. The van der Waals surface area contributed by atoms with Crippen LogP contribution in [0.4, 0.5) is 0 Å². The molecule has 1 aliphatic rings. The van der Waals surface area contributed by atoms with Gasteiger partial charge in [-0.25, -0.2) is 0 Å². The van der Waals surface area contributed by atoms with Crippen molar-refractivity contribution < 1.29 is 9.53 Å². The van der Waals surface area contributed by atoms with Crippen molar-refractivity contribution in [3.63, 3.8) is 0 Å². The molecular weight excluding hydrogens is 268 g/mol. The van der Waals surface area contributed by atoms with Gasteiger partial charge in [-0.05, 0) is 32.0 Å². The fourth-order valence-corrected chi connectivity index (χ4v) is 3.43. The van der Waals surface area contributed by atoms with Crippen LogP contribution in [0.5, 0.6) is 0 Å². The highest BCUT2D eigenvalue weighted by molar-refractivity contribution is 7.73. The summed E-state index contributed by atoms with van der Waals surface area (Å²) in [6.07, 6.45) is 2.31. The van der Waals surface area contributed by atoms with Crippen LogP contribution in [0.1, 0.15) is 23.4 Å². The number of aryl methyl sites for hydroxylation is 1. The Morgan fingerprint density at radius 3 is 2.78 bits per heavy atom. The standard InChI is InChI=1S/C12H18N2O2S2/c1-8-10(18-12(17)13-8)7-11(15)14(2)9-3-5-16-6-4-9/h9H,3-7H2,1-2H3,(H,13,17). The number of likely N-dealkylation sites (N-methyl/N-ethyl adjacent to an activating group) is 1. The van der Waals surface area contributed by atoms with Crippen LogP contribution in [0.3, 0.4) is 0 Å². The molecule has 0 aromatic carbocycles. The monoisotopic (exact) mass is 286 g/mol. The molecule has 1 saturated heterocycles. The summed E-state index contributed by atoms with van der Waals surface area (Å²) in [4.78, 5) is 18.2. The smallest absolute Gasteiger partial charge is 0.227 e. The summed E-state index contributed by atoms with van der Waals surface area (Å²) in [5.41, 5.74) is 1.01. The van der Waals surface area contributed by atoms with Gasteiger partial charge in [0, 0.05) is 36.9 Å². The molecule has 100 valence electrons. The molecule has 6 heteroatoms. The number of aromatic nitrogens is 1. The number of amides is 1. The quantitative estimate of drug-likeness (QED) is 0.867. The lowest BCUT2D eigenvalue weighted by atomic mass is 10.1. The zero-order valence-corrected chi connectivity index (χ0v) is 12.3. The maximum atomic E-state index is 12.2. The fourth-order valence-electron chi connectivity index (χ4n) is 2.14. The van der Waals surface area contributed by atoms with E-state index in [9.17, 15) is 4.79 Å². The highest BCUT2D eigenvalue weighted by Gasteiger charge is 2.23. The first-order valence-electron chi connectivity index (χ1n) is 6.10. The van der Waals surface area contributed by atoms with Gasteiger partial charge < -0.3 is 14.6 Å². The molecule has 0 spiro atoms. The Morgan fingerprint density at radius 2 is 2.22 bits per heavy atom. The first-order chi connectivity index (χ1) is 8.58. The van der Waals surface area contributed by atoms with E-state index < -0.39 is 0 Å².